The van der Waals surface area contributed by atoms with Gasteiger partial charge in [-0.25, -0.2) is 0 Å². The molecule has 2 unspecified atom stereocenters. The first kappa shape index (κ1) is 15.2. The highest BCUT2D eigenvalue weighted by molar-refractivity contribution is 4.92. The minimum atomic E-state index is -0.489. The molecular formula is C15H31N3O. The molecule has 2 fully saturated rings. The van der Waals surface area contributed by atoms with Crippen LogP contribution < -0.4 is 0 Å². The minimum absolute atomic E-state index is 0.489. The van der Waals surface area contributed by atoms with Crippen molar-refractivity contribution in [3.63, 3.8) is 0 Å². The second-order valence-corrected chi connectivity index (χ2v) is 6.64. The lowest BCUT2D eigenvalue weighted by Crippen LogP contribution is -2.58. The summed E-state index contributed by atoms with van der Waals surface area (Å²) in [6.45, 7) is 11.8. The van der Waals surface area contributed by atoms with Gasteiger partial charge in [-0.05, 0) is 39.8 Å². The third-order valence-electron chi connectivity index (χ3n) is 4.91. The second kappa shape index (κ2) is 6.53. The van der Waals surface area contributed by atoms with Crippen LogP contribution in [-0.4, -0.2) is 84.3 Å². The van der Waals surface area contributed by atoms with E-state index < -0.39 is 5.60 Å². The van der Waals surface area contributed by atoms with Crippen LogP contribution in [0.5, 0.6) is 0 Å². The van der Waals surface area contributed by atoms with Crippen molar-refractivity contribution in [3.8, 4) is 0 Å². The van der Waals surface area contributed by atoms with Gasteiger partial charge in [0.25, 0.3) is 0 Å². The van der Waals surface area contributed by atoms with Crippen LogP contribution >= 0.6 is 0 Å². The standard InChI is InChI=1S/C15H31N3O/c1-4-14(2)18-7-5-6-15(19,13-18)12-17-10-8-16(3)9-11-17/h14,19H,4-13H2,1-3H3. The average molecular weight is 269 g/mol. The molecule has 2 heterocycles. The van der Waals surface area contributed by atoms with Gasteiger partial charge in [-0.3, -0.25) is 9.80 Å². The number of β-amino-alcohol motifs (C(OH)–C–C–N with tert-alkyl or cyclic N) is 1. The summed E-state index contributed by atoms with van der Waals surface area (Å²) >= 11 is 0. The zero-order valence-electron chi connectivity index (χ0n) is 12.9. The predicted octanol–water partition coefficient (Wildman–Crippen LogP) is 0.859. The van der Waals surface area contributed by atoms with Gasteiger partial charge in [-0.1, -0.05) is 6.92 Å². The van der Waals surface area contributed by atoms with Crippen molar-refractivity contribution in [1.82, 2.24) is 14.7 Å². The van der Waals surface area contributed by atoms with Gasteiger partial charge in [0.2, 0.25) is 0 Å². The van der Waals surface area contributed by atoms with Crippen LogP contribution in [0.4, 0.5) is 0 Å². The van der Waals surface area contributed by atoms with Gasteiger partial charge in [0.15, 0.2) is 0 Å². The third kappa shape index (κ3) is 4.15. The summed E-state index contributed by atoms with van der Waals surface area (Å²) in [5.74, 6) is 0. The molecule has 19 heavy (non-hydrogen) atoms. The molecule has 0 spiro atoms. The first-order valence-corrected chi connectivity index (χ1v) is 7.90. The molecule has 2 aliphatic rings. The SMILES string of the molecule is CCC(C)N1CCCC(O)(CN2CCN(C)CC2)C1. The quantitative estimate of drug-likeness (QED) is 0.820. The fourth-order valence-electron chi connectivity index (χ4n) is 3.33. The zero-order valence-corrected chi connectivity index (χ0v) is 12.9. The molecule has 0 aromatic heterocycles. The topological polar surface area (TPSA) is 30.0 Å². The van der Waals surface area contributed by atoms with E-state index in [1.54, 1.807) is 0 Å². The smallest absolute Gasteiger partial charge is 0.0900 e. The summed E-state index contributed by atoms with van der Waals surface area (Å²) in [7, 11) is 2.18. The number of piperazine rings is 1. The van der Waals surface area contributed by atoms with Crippen molar-refractivity contribution in [3.05, 3.63) is 0 Å². The largest absolute Gasteiger partial charge is 0.387 e. The van der Waals surface area contributed by atoms with E-state index in [0.29, 0.717) is 6.04 Å². The molecule has 4 nitrogen and oxygen atoms in total. The maximum Gasteiger partial charge on any atom is 0.0900 e. The molecule has 0 aromatic carbocycles. The first-order chi connectivity index (χ1) is 9.02. The Hall–Kier alpha value is -0.160. The maximum absolute atomic E-state index is 10.9. The zero-order chi connectivity index (χ0) is 13.9. The molecule has 2 saturated heterocycles. The Morgan fingerprint density at radius 2 is 1.84 bits per heavy atom. The van der Waals surface area contributed by atoms with Crippen LogP contribution in [0.3, 0.4) is 0 Å². The first-order valence-electron chi connectivity index (χ1n) is 7.90. The van der Waals surface area contributed by atoms with Crippen molar-refractivity contribution in [2.45, 2.75) is 44.8 Å². The van der Waals surface area contributed by atoms with Gasteiger partial charge in [0.1, 0.15) is 0 Å². The van der Waals surface area contributed by atoms with E-state index in [2.05, 4.69) is 35.6 Å². The number of aliphatic hydroxyl groups is 1. The summed E-state index contributed by atoms with van der Waals surface area (Å²) in [4.78, 5) is 7.28. The van der Waals surface area contributed by atoms with Gasteiger partial charge in [0.05, 0.1) is 5.60 Å². The van der Waals surface area contributed by atoms with E-state index in [-0.39, 0.29) is 0 Å². The van der Waals surface area contributed by atoms with E-state index in [1.807, 2.05) is 0 Å². The molecule has 0 bridgehead atoms. The molecule has 0 radical (unpaired) electrons. The lowest BCUT2D eigenvalue weighted by atomic mass is 9.90. The third-order valence-corrected chi connectivity index (χ3v) is 4.91. The van der Waals surface area contributed by atoms with Crippen LogP contribution in [-0.2, 0) is 0 Å². The van der Waals surface area contributed by atoms with Crippen LogP contribution in [0.25, 0.3) is 0 Å². The van der Waals surface area contributed by atoms with Crippen LogP contribution in [0, 0.1) is 0 Å². The summed E-state index contributed by atoms with van der Waals surface area (Å²) in [6, 6.07) is 0.597. The fourth-order valence-corrected chi connectivity index (χ4v) is 3.33. The Kier molecular flexibility index (Phi) is 5.23. The molecule has 0 amide bonds. The van der Waals surface area contributed by atoms with Gasteiger partial charge in [0, 0.05) is 45.3 Å². The summed E-state index contributed by atoms with van der Waals surface area (Å²) < 4.78 is 0. The number of nitrogens with zero attached hydrogens (tertiary/aromatic N) is 3. The van der Waals surface area contributed by atoms with Gasteiger partial charge >= 0.3 is 0 Å². The number of likely N-dealkylation sites (N-methyl/N-ethyl adjacent to an activating group) is 1. The normalized spacial score (nSPS) is 33.5. The highest BCUT2D eigenvalue weighted by Crippen LogP contribution is 2.24. The van der Waals surface area contributed by atoms with Crippen molar-refractivity contribution < 1.29 is 5.11 Å². The van der Waals surface area contributed by atoms with E-state index in [9.17, 15) is 5.11 Å². The van der Waals surface area contributed by atoms with Crippen molar-refractivity contribution in [1.29, 1.82) is 0 Å². The molecule has 4 heteroatoms. The second-order valence-electron chi connectivity index (χ2n) is 6.64. The highest BCUT2D eigenvalue weighted by atomic mass is 16.3. The minimum Gasteiger partial charge on any atom is -0.387 e. The summed E-state index contributed by atoms with van der Waals surface area (Å²) in [5, 5.41) is 10.9. The number of piperidine rings is 1. The Morgan fingerprint density at radius 3 is 2.47 bits per heavy atom. The number of likely N-dealkylation sites (tertiary alicyclic amines) is 1. The van der Waals surface area contributed by atoms with E-state index in [1.165, 1.54) is 6.42 Å². The van der Waals surface area contributed by atoms with Crippen LogP contribution in [0.1, 0.15) is 33.1 Å². The number of hydrogen-bond acceptors (Lipinski definition) is 4. The highest BCUT2D eigenvalue weighted by Gasteiger charge is 2.36. The summed E-state index contributed by atoms with van der Waals surface area (Å²) in [5.41, 5.74) is -0.489. The molecule has 2 aliphatic heterocycles. The average Bonchev–Trinajstić information content (AvgIpc) is 2.40. The molecule has 1 N–H and O–H groups in total. The maximum atomic E-state index is 10.9. The fraction of sp³-hybridized carbons (Fsp3) is 1.00. The number of hydrogen-bond donors (Lipinski definition) is 1. The van der Waals surface area contributed by atoms with E-state index >= 15 is 0 Å². The van der Waals surface area contributed by atoms with E-state index in [0.717, 1.165) is 58.7 Å². The van der Waals surface area contributed by atoms with Crippen molar-refractivity contribution >= 4 is 0 Å². The van der Waals surface area contributed by atoms with Crippen molar-refractivity contribution in [2.75, 3.05) is 52.9 Å². The van der Waals surface area contributed by atoms with E-state index in [4.69, 9.17) is 0 Å². The molecule has 2 rings (SSSR count). The molecule has 112 valence electrons. The predicted molar refractivity (Wildman–Crippen MR) is 79.4 cm³/mol. The summed E-state index contributed by atoms with van der Waals surface area (Å²) in [6.07, 6.45) is 3.27. The van der Waals surface area contributed by atoms with Crippen LogP contribution in [0.15, 0.2) is 0 Å². The molecule has 0 saturated carbocycles. The monoisotopic (exact) mass is 269 g/mol. The van der Waals surface area contributed by atoms with Gasteiger partial charge in [-0.15, -0.1) is 0 Å². The lowest BCUT2D eigenvalue weighted by molar-refractivity contribution is -0.0671. The van der Waals surface area contributed by atoms with Gasteiger partial charge < -0.3 is 10.0 Å². The Morgan fingerprint density at radius 1 is 1.16 bits per heavy atom. The van der Waals surface area contributed by atoms with Gasteiger partial charge in [-0.2, -0.15) is 0 Å². The lowest BCUT2D eigenvalue weighted by Gasteiger charge is -2.45. The molecular weight excluding hydrogens is 238 g/mol. The Bertz CT molecular complexity index is 279. The number of rotatable bonds is 4. The molecule has 0 aliphatic carbocycles. The van der Waals surface area contributed by atoms with Crippen molar-refractivity contribution in [2.24, 2.45) is 0 Å². The molecule has 2 atom stereocenters. The molecule has 0 aromatic rings. The Balaban J connectivity index is 1.87. The van der Waals surface area contributed by atoms with Crippen LogP contribution in [0.2, 0.25) is 0 Å². The Labute approximate surface area is 118 Å².